The maximum Gasteiger partial charge on any atom is 0.133 e. The lowest BCUT2D eigenvalue weighted by Crippen LogP contribution is -2.55. The van der Waals surface area contributed by atoms with Crippen LogP contribution in [-0.4, -0.2) is 5.78 Å². The molecule has 0 spiro atoms. The van der Waals surface area contributed by atoms with Crippen molar-refractivity contribution in [1.29, 1.82) is 0 Å². The van der Waals surface area contributed by atoms with Crippen LogP contribution in [0.15, 0.2) is 0 Å². The Morgan fingerprint density at radius 1 is 0.800 bits per heavy atom. The Hall–Kier alpha value is -0.330. The van der Waals surface area contributed by atoms with Crippen molar-refractivity contribution < 1.29 is 4.79 Å². The molecule has 4 fully saturated rings. The van der Waals surface area contributed by atoms with E-state index >= 15 is 0 Å². The monoisotopic (exact) mass is 344 g/mol. The molecule has 0 N–H and O–H groups in total. The Balaban J connectivity index is 1.63. The van der Waals surface area contributed by atoms with Crippen molar-refractivity contribution in [3.8, 4) is 0 Å². The number of fused-ring (bicyclic) bond motifs is 5. The quantitative estimate of drug-likeness (QED) is 0.520. The van der Waals surface area contributed by atoms with Gasteiger partial charge in [-0.3, -0.25) is 4.79 Å². The first-order valence-electron chi connectivity index (χ1n) is 11.4. The van der Waals surface area contributed by atoms with E-state index in [0.29, 0.717) is 22.5 Å². The van der Waals surface area contributed by atoms with E-state index < -0.39 is 0 Å². The fourth-order valence-electron chi connectivity index (χ4n) is 8.45. The number of hydrogen-bond acceptors (Lipinski definition) is 1. The summed E-state index contributed by atoms with van der Waals surface area (Å²) in [5, 5.41) is 0. The summed E-state index contributed by atoms with van der Waals surface area (Å²) >= 11 is 0. The lowest BCUT2D eigenvalue weighted by Gasteiger charge is -2.62. The largest absolute Gasteiger partial charge is 0.300 e. The predicted octanol–water partition coefficient (Wildman–Crippen LogP) is 6.65. The van der Waals surface area contributed by atoms with Crippen molar-refractivity contribution in [2.24, 2.45) is 46.3 Å². The van der Waals surface area contributed by atoms with Gasteiger partial charge in [0, 0.05) is 5.92 Å². The summed E-state index contributed by atoms with van der Waals surface area (Å²) in [5.41, 5.74) is 0.907. The Morgan fingerprint density at radius 3 is 2.24 bits per heavy atom. The first-order valence-corrected chi connectivity index (χ1v) is 11.4. The molecule has 25 heavy (non-hydrogen) atoms. The summed E-state index contributed by atoms with van der Waals surface area (Å²) in [7, 11) is 0. The van der Waals surface area contributed by atoms with Crippen molar-refractivity contribution in [3.63, 3.8) is 0 Å². The topological polar surface area (TPSA) is 17.1 Å². The van der Waals surface area contributed by atoms with Crippen molar-refractivity contribution >= 4 is 5.78 Å². The van der Waals surface area contributed by atoms with Gasteiger partial charge in [0.05, 0.1) is 0 Å². The van der Waals surface area contributed by atoms with Crippen LogP contribution in [0, 0.1) is 46.3 Å². The molecule has 0 aromatic carbocycles. The van der Waals surface area contributed by atoms with Gasteiger partial charge in [0.2, 0.25) is 0 Å². The zero-order valence-electron chi connectivity index (χ0n) is 17.2. The van der Waals surface area contributed by atoms with Crippen LogP contribution in [0.4, 0.5) is 0 Å². The Labute approximate surface area is 155 Å². The second-order valence-electron chi connectivity index (χ2n) is 11.0. The highest BCUT2D eigenvalue weighted by atomic mass is 16.1. The van der Waals surface area contributed by atoms with Crippen molar-refractivity contribution in [2.75, 3.05) is 0 Å². The van der Waals surface area contributed by atoms with Crippen LogP contribution < -0.4 is 0 Å². The molecule has 0 aliphatic heterocycles. The molecule has 4 rings (SSSR count). The van der Waals surface area contributed by atoms with Crippen LogP contribution in [0.25, 0.3) is 0 Å². The van der Waals surface area contributed by atoms with E-state index in [9.17, 15) is 4.79 Å². The summed E-state index contributed by atoms with van der Waals surface area (Å²) in [4.78, 5) is 12.4. The molecular formula is C24H40O. The van der Waals surface area contributed by atoms with E-state index in [1.165, 1.54) is 64.2 Å². The van der Waals surface area contributed by atoms with Gasteiger partial charge in [-0.1, -0.05) is 40.0 Å². The van der Waals surface area contributed by atoms with Gasteiger partial charge in [-0.25, -0.2) is 0 Å². The summed E-state index contributed by atoms with van der Waals surface area (Å²) in [6.45, 7) is 9.53. The standard InChI is InChI=1S/C24H40O/c1-16-8-9-18-10-11-19-21-7-5-6-20(17(2)25)24(21,4)15-13-22(19)23(18,3)14-12-16/h16,18-22H,5-15H2,1-4H3. The van der Waals surface area contributed by atoms with Gasteiger partial charge >= 0.3 is 0 Å². The third-order valence-electron chi connectivity index (χ3n) is 9.98. The van der Waals surface area contributed by atoms with Gasteiger partial charge < -0.3 is 0 Å². The zero-order valence-corrected chi connectivity index (χ0v) is 17.2. The molecule has 1 nitrogen and oxygen atoms in total. The van der Waals surface area contributed by atoms with Crippen LogP contribution in [0.3, 0.4) is 0 Å². The van der Waals surface area contributed by atoms with Crippen LogP contribution in [0.5, 0.6) is 0 Å². The summed E-state index contributed by atoms with van der Waals surface area (Å²) in [6, 6.07) is 0. The number of carbonyl (C=O) groups excluding carboxylic acids is 1. The van der Waals surface area contributed by atoms with E-state index in [-0.39, 0.29) is 0 Å². The van der Waals surface area contributed by atoms with E-state index in [1.807, 2.05) is 6.92 Å². The van der Waals surface area contributed by atoms with Gasteiger partial charge in [-0.2, -0.15) is 0 Å². The Kier molecular flexibility index (Phi) is 4.61. The van der Waals surface area contributed by atoms with Crippen LogP contribution in [0.2, 0.25) is 0 Å². The molecule has 4 aliphatic rings. The molecule has 0 saturated heterocycles. The normalized spacial score (nSPS) is 53.1. The van der Waals surface area contributed by atoms with Crippen LogP contribution in [0.1, 0.15) is 98.3 Å². The summed E-state index contributed by atoms with van der Waals surface area (Å²) in [5.74, 6) is 5.44. The second kappa shape index (κ2) is 6.38. The first kappa shape index (κ1) is 18.1. The minimum atomic E-state index is 0.312. The molecular weight excluding hydrogens is 304 g/mol. The van der Waals surface area contributed by atoms with Crippen LogP contribution in [-0.2, 0) is 4.79 Å². The number of Topliss-reactive ketones (excluding diaryl/α,β-unsaturated/α-hetero) is 1. The molecule has 0 aromatic heterocycles. The molecule has 0 radical (unpaired) electrons. The van der Waals surface area contributed by atoms with E-state index in [0.717, 1.165) is 36.0 Å². The molecule has 4 saturated carbocycles. The van der Waals surface area contributed by atoms with E-state index in [1.54, 1.807) is 0 Å². The second-order valence-corrected chi connectivity index (χ2v) is 11.0. The minimum absolute atomic E-state index is 0.312. The number of ketones is 1. The lowest BCUT2D eigenvalue weighted by atomic mass is 9.42. The smallest absolute Gasteiger partial charge is 0.133 e. The Morgan fingerprint density at radius 2 is 1.48 bits per heavy atom. The molecule has 8 atom stereocenters. The number of rotatable bonds is 1. The fraction of sp³-hybridized carbons (Fsp3) is 0.958. The van der Waals surface area contributed by atoms with Crippen molar-refractivity contribution in [3.05, 3.63) is 0 Å². The maximum absolute atomic E-state index is 12.4. The van der Waals surface area contributed by atoms with Gasteiger partial charge in [-0.05, 0) is 98.7 Å². The SMILES string of the molecule is CC(=O)C1CCCC2C3CCC4CCC(C)CCC4(C)C3CCC12C. The molecule has 0 amide bonds. The number of carbonyl (C=O) groups is 1. The molecule has 4 aliphatic carbocycles. The Bertz CT molecular complexity index is 524. The van der Waals surface area contributed by atoms with Gasteiger partial charge in [0.15, 0.2) is 0 Å². The van der Waals surface area contributed by atoms with Crippen molar-refractivity contribution in [1.82, 2.24) is 0 Å². The predicted molar refractivity (Wildman–Crippen MR) is 104 cm³/mol. The van der Waals surface area contributed by atoms with Crippen molar-refractivity contribution in [2.45, 2.75) is 98.3 Å². The first-order chi connectivity index (χ1) is 11.9. The highest BCUT2D eigenvalue weighted by Crippen LogP contribution is 2.66. The number of hydrogen-bond donors (Lipinski definition) is 0. The fourth-order valence-corrected chi connectivity index (χ4v) is 8.45. The third-order valence-corrected chi connectivity index (χ3v) is 9.98. The van der Waals surface area contributed by atoms with Crippen LogP contribution >= 0.6 is 0 Å². The lowest BCUT2D eigenvalue weighted by molar-refractivity contribution is -0.149. The molecule has 8 unspecified atom stereocenters. The molecule has 1 heteroatoms. The summed E-state index contributed by atoms with van der Waals surface area (Å²) in [6.07, 6.45) is 15.4. The van der Waals surface area contributed by atoms with E-state index in [4.69, 9.17) is 0 Å². The minimum Gasteiger partial charge on any atom is -0.300 e. The maximum atomic E-state index is 12.4. The molecule has 0 heterocycles. The highest BCUT2D eigenvalue weighted by molar-refractivity contribution is 5.79. The van der Waals surface area contributed by atoms with Gasteiger partial charge in [0.1, 0.15) is 5.78 Å². The third kappa shape index (κ3) is 2.74. The van der Waals surface area contributed by atoms with Gasteiger partial charge in [-0.15, -0.1) is 0 Å². The molecule has 0 aromatic rings. The highest BCUT2D eigenvalue weighted by Gasteiger charge is 2.58. The molecule has 142 valence electrons. The summed E-state index contributed by atoms with van der Waals surface area (Å²) < 4.78 is 0. The zero-order chi connectivity index (χ0) is 17.8. The average Bonchev–Trinajstić information content (AvgIpc) is 2.72. The molecule has 0 bridgehead atoms. The van der Waals surface area contributed by atoms with E-state index in [2.05, 4.69) is 20.8 Å². The van der Waals surface area contributed by atoms with Gasteiger partial charge in [0.25, 0.3) is 0 Å². The average molecular weight is 345 g/mol.